The van der Waals surface area contributed by atoms with Crippen LogP contribution in [0.15, 0.2) is 53.8 Å². The number of carbonyl (C=O) groups excluding carboxylic acids is 1. The van der Waals surface area contributed by atoms with Gasteiger partial charge >= 0.3 is 0 Å². The van der Waals surface area contributed by atoms with Crippen molar-refractivity contribution >= 4 is 27.5 Å². The number of fused-ring (bicyclic) bond motifs is 3. The summed E-state index contributed by atoms with van der Waals surface area (Å²) in [7, 11) is 0. The summed E-state index contributed by atoms with van der Waals surface area (Å²) in [6.45, 7) is 2.87. The van der Waals surface area contributed by atoms with Gasteiger partial charge in [0, 0.05) is 17.7 Å². The van der Waals surface area contributed by atoms with E-state index in [1.807, 2.05) is 34.4 Å². The molecule has 1 fully saturated rings. The first-order chi connectivity index (χ1) is 16.5. The molecule has 7 nitrogen and oxygen atoms in total. The summed E-state index contributed by atoms with van der Waals surface area (Å²) < 4.78 is 25.5. The summed E-state index contributed by atoms with van der Waals surface area (Å²) in [6.07, 6.45) is 7.73. The van der Waals surface area contributed by atoms with Crippen molar-refractivity contribution in [2.24, 2.45) is 0 Å². The molecule has 1 N–H and O–H groups in total. The molecule has 172 valence electrons. The number of aryl methyl sites for hydroxylation is 1. The third kappa shape index (κ3) is 3.60. The molecule has 0 spiro atoms. The van der Waals surface area contributed by atoms with Crippen molar-refractivity contribution in [2.75, 3.05) is 11.9 Å². The number of carbonyl (C=O) groups is 1. The molecule has 1 saturated carbocycles. The van der Waals surface area contributed by atoms with Crippen molar-refractivity contribution in [3.8, 4) is 22.7 Å². The fourth-order valence-electron chi connectivity index (χ4n) is 4.38. The molecule has 2 aromatic carbocycles. The van der Waals surface area contributed by atoms with Crippen LogP contribution in [-0.4, -0.2) is 31.6 Å². The number of hydrogen-bond donors (Lipinski definition) is 1. The molecule has 1 amide bonds. The summed E-state index contributed by atoms with van der Waals surface area (Å²) in [5, 5.41) is 2.86. The third-order valence-electron chi connectivity index (χ3n) is 6.30. The molecule has 2 aliphatic rings. The van der Waals surface area contributed by atoms with Crippen molar-refractivity contribution in [1.82, 2.24) is 19.1 Å². The fraction of sp³-hybridized carbons (Fsp3) is 0.240. The molecule has 1 aliphatic heterocycles. The molecule has 3 heterocycles. The van der Waals surface area contributed by atoms with Gasteiger partial charge in [-0.15, -0.1) is 0 Å². The second-order valence-electron chi connectivity index (χ2n) is 8.66. The number of anilines is 1. The van der Waals surface area contributed by atoms with Gasteiger partial charge in [-0.05, 0) is 65.5 Å². The van der Waals surface area contributed by atoms with E-state index in [-0.39, 0.29) is 5.56 Å². The molecular formula is C25H21BrFN5O2. The normalized spacial score (nSPS) is 14.7. The number of para-hydroxylation sites is 1. The lowest BCUT2D eigenvalue weighted by Crippen LogP contribution is -2.16. The number of nitrogens with zero attached hydrogens (tertiary/aromatic N) is 4. The smallest absolute Gasteiger partial charge is 0.258 e. The second-order valence-corrected chi connectivity index (χ2v) is 9.41. The molecule has 0 saturated heterocycles. The number of ether oxygens (including phenoxy) is 1. The highest BCUT2D eigenvalue weighted by Gasteiger charge is 2.27. The predicted molar refractivity (Wildman–Crippen MR) is 129 cm³/mol. The summed E-state index contributed by atoms with van der Waals surface area (Å²) in [5.41, 5.74) is 4.59. The Morgan fingerprint density at radius 2 is 2.09 bits per heavy atom. The van der Waals surface area contributed by atoms with E-state index in [2.05, 4.69) is 31.2 Å². The fourth-order valence-corrected chi connectivity index (χ4v) is 4.91. The van der Waals surface area contributed by atoms with Gasteiger partial charge in [0.2, 0.25) is 0 Å². The van der Waals surface area contributed by atoms with Gasteiger partial charge in [0.05, 0.1) is 47.5 Å². The van der Waals surface area contributed by atoms with Gasteiger partial charge in [0.1, 0.15) is 17.0 Å². The minimum Gasteiger partial charge on any atom is -0.489 e. The van der Waals surface area contributed by atoms with Crippen LogP contribution in [-0.2, 0) is 6.54 Å². The van der Waals surface area contributed by atoms with Crippen LogP contribution >= 0.6 is 15.9 Å². The maximum Gasteiger partial charge on any atom is 0.258 e. The van der Waals surface area contributed by atoms with Gasteiger partial charge in [-0.2, -0.15) is 0 Å². The highest BCUT2D eigenvalue weighted by molar-refractivity contribution is 9.10. The Morgan fingerprint density at radius 1 is 1.24 bits per heavy atom. The van der Waals surface area contributed by atoms with Crippen LogP contribution < -0.4 is 10.1 Å². The van der Waals surface area contributed by atoms with Crippen molar-refractivity contribution in [1.29, 1.82) is 0 Å². The lowest BCUT2D eigenvalue weighted by Gasteiger charge is -2.15. The van der Waals surface area contributed by atoms with Crippen molar-refractivity contribution < 1.29 is 13.9 Å². The Morgan fingerprint density at radius 3 is 2.91 bits per heavy atom. The first-order valence-electron chi connectivity index (χ1n) is 11.1. The molecule has 6 rings (SSSR count). The van der Waals surface area contributed by atoms with E-state index in [1.54, 1.807) is 24.8 Å². The van der Waals surface area contributed by atoms with Crippen LogP contribution in [0.1, 0.15) is 40.4 Å². The Kier molecular flexibility index (Phi) is 5.02. The number of halogens is 2. The first-order valence-corrected chi connectivity index (χ1v) is 11.9. The molecule has 2 aromatic heterocycles. The zero-order valence-corrected chi connectivity index (χ0v) is 20.0. The van der Waals surface area contributed by atoms with Gasteiger partial charge < -0.3 is 19.2 Å². The Balaban J connectivity index is 1.35. The second kappa shape index (κ2) is 8.09. The monoisotopic (exact) mass is 521 g/mol. The van der Waals surface area contributed by atoms with Crippen LogP contribution in [0.2, 0.25) is 0 Å². The largest absolute Gasteiger partial charge is 0.489 e. The number of amides is 1. The molecular weight excluding hydrogens is 501 g/mol. The summed E-state index contributed by atoms with van der Waals surface area (Å²) in [5.74, 6) is -0.0816. The SMILES string of the molecule is Cc1cc(F)c(C(=O)Nc2cccc3c2OCCn2cnc(Br)c2-3)cc1-n1cnc(C2CC2)c1. The van der Waals surface area contributed by atoms with E-state index in [1.165, 1.54) is 6.07 Å². The molecule has 0 atom stereocenters. The summed E-state index contributed by atoms with van der Waals surface area (Å²) in [6, 6.07) is 8.46. The molecule has 4 aromatic rings. The van der Waals surface area contributed by atoms with Crippen molar-refractivity contribution in [3.05, 3.63) is 76.4 Å². The van der Waals surface area contributed by atoms with Gasteiger partial charge in [0.25, 0.3) is 5.91 Å². The Bertz CT molecular complexity index is 1440. The lowest BCUT2D eigenvalue weighted by atomic mass is 10.1. The predicted octanol–water partition coefficient (Wildman–Crippen LogP) is 5.47. The van der Waals surface area contributed by atoms with Crippen LogP contribution in [0.4, 0.5) is 10.1 Å². The van der Waals surface area contributed by atoms with Gasteiger partial charge in [-0.3, -0.25) is 4.79 Å². The Hall–Kier alpha value is -3.46. The number of benzene rings is 2. The third-order valence-corrected chi connectivity index (χ3v) is 6.88. The quantitative estimate of drug-likeness (QED) is 0.386. The summed E-state index contributed by atoms with van der Waals surface area (Å²) in [4.78, 5) is 22.0. The minimum absolute atomic E-state index is 0.0419. The lowest BCUT2D eigenvalue weighted by molar-refractivity contribution is 0.102. The van der Waals surface area contributed by atoms with Crippen LogP contribution in [0.5, 0.6) is 5.75 Å². The highest BCUT2D eigenvalue weighted by atomic mass is 79.9. The van der Waals surface area contributed by atoms with Crippen molar-refractivity contribution in [3.63, 3.8) is 0 Å². The number of rotatable bonds is 4. The number of nitrogens with one attached hydrogen (secondary N) is 1. The number of hydrogen-bond acceptors (Lipinski definition) is 4. The topological polar surface area (TPSA) is 74.0 Å². The molecule has 1 aliphatic carbocycles. The minimum atomic E-state index is -0.579. The molecule has 0 radical (unpaired) electrons. The van der Waals surface area contributed by atoms with Crippen LogP contribution in [0.3, 0.4) is 0 Å². The van der Waals surface area contributed by atoms with E-state index in [9.17, 15) is 9.18 Å². The molecule has 34 heavy (non-hydrogen) atoms. The van der Waals surface area contributed by atoms with Crippen molar-refractivity contribution in [2.45, 2.75) is 32.2 Å². The number of aromatic nitrogens is 4. The maximum atomic E-state index is 14.9. The van der Waals surface area contributed by atoms with Gasteiger partial charge in [-0.1, -0.05) is 6.07 Å². The first kappa shape index (κ1) is 21.1. The van der Waals surface area contributed by atoms with Gasteiger partial charge in [0.15, 0.2) is 5.75 Å². The highest BCUT2D eigenvalue weighted by Crippen LogP contribution is 2.41. The van der Waals surface area contributed by atoms with Crippen LogP contribution in [0, 0.1) is 12.7 Å². The molecule has 9 heteroatoms. The number of imidazole rings is 2. The zero-order valence-electron chi connectivity index (χ0n) is 18.4. The van der Waals surface area contributed by atoms with E-state index in [0.717, 1.165) is 41.0 Å². The van der Waals surface area contributed by atoms with E-state index >= 15 is 0 Å². The van der Waals surface area contributed by atoms with E-state index in [0.29, 0.717) is 35.1 Å². The average molecular weight is 522 g/mol. The average Bonchev–Trinajstić information content (AvgIpc) is 3.49. The molecule has 0 unspecified atom stereocenters. The van der Waals surface area contributed by atoms with Gasteiger partial charge in [-0.25, -0.2) is 14.4 Å². The standard InChI is InChI=1S/C25H21BrFN5O2/c1-14-9-18(27)17(10-21(14)32-11-20(28-12-32)15-5-6-15)25(33)30-19-4-2-3-16-22-24(26)29-13-31(22)7-8-34-23(16)19/h2-4,9-13,15H,5-8H2,1H3,(H,30,33). The van der Waals surface area contributed by atoms with E-state index in [4.69, 9.17) is 4.74 Å². The zero-order chi connectivity index (χ0) is 23.4. The van der Waals surface area contributed by atoms with Crippen LogP contribution in [0.25, 0.3) is 16.9 Å². The Labute approximate surface area is 203 Å². The maximum absolute atomic E-state index is 14.9. The summed E-state index contributed by atoms with van der Waals surface area (Å²) >= 11 is 3.50. The van der Waals surface area contributed by atoms with E-state index < -0.39 is 11.7 Å². The molecule has 0 bridgehead atoms.